The molecule has 1 atom stereocenters. The van der Waals surface area contributed by atoms with Gasteiger partial charge in [0, 0.05) is 23.1 Å². The summed E-state index contributed by atoms with van der Waals surface area (Å²) in [6.45, 7) is -0.158. The molecular weight excluding hydrogens is 372 g/mol. The number of aromatic nitrogens is 2. The van der Waals surface area contributed by atoms with E-state index in [4.69, 9.17) is 4.98 Å². The molecule has 150 valence electrons. The van der Waals surface area contributed by atoms with Gasteiger partial charge in [-0.25, -0.2) is 4.98 Å². The van der Waals surface area contributed by atoms with Crippen molar-refractivity contribution in [3.8, 4) is 11.4 Å². The lowest BCUT2D eigenvalue weighted by Gasteiger charge is -2.19. The fraction of sp³-hybridized carbons (Fsp3) is 0.318. The van der Waals surface area contributed by atoms with Gasteiger partial charge >= 0.3 is 5.97 Å². The Morgan fingerprint density at radius 2 is 2.00 bits per heavy atom. The quantitative estimate of drug-likeness (QED) is 0.443. The van der Waals surface area contributed by atoms with Crippen LogP contribution in [0.15, 0.2) is 41.2 Å². The molecule has 0 aliphatic carbocycles. The van der Waals surface area contributed by atoms with Gasteiger partial charge < -0.3 is 19.9 Å². The highest BCUT2D eigenvalue weighted by atomic mass is 16.4. The molecule has 1 aromatic carbocycles. The van der Waals surface area contributed by atoms with Gasteiger partial charge in [0.25, 0.3) is 5.56 Å². The van der Waals surface area contributed by atoms with E-state index in [0.717, 1.165) is 16.5 Å². The molecule has 3 aromatic rings. The van der Waals surface area contributed by atoms with Gasteiger partial charge in [-0.15, -0.1) is 0 Å². The van der Waals surface area contributed by atoms with E-state index in [2.05, 4.69) is 0 Å². The minimum absolute atomic E-state index is 0.0646. The Balaban J connectivity index is 1.90. The van der Waals surface area contributed by atoms with E-state index in [0.29, 0.717) is 36.3 Å². The van der Waals surface area contributed by atoms with Crippen molar-refractivity contribution in [1.82, 2.24) is 9.55 Å². The van der Waals surface area contributed by atoms with Crippen LogP contribution >= 0.6 is 0 Å². The van der Waals surface area contributed by atoms with Crippen molar-refractivity contribution in [2.75, 3.05) is 6.61 Å². The smallest absolute Gasteiger partial charge is 0.303 e. The van der Waals surface area contributed by atoms with Crippen molar-refractivity contribution in [1.29, 1.82) is 0 Å². The Kier molecular flexibility index (Phi) is 5.17. The summed E-state index contributed by atoms with van der Waals surface area (Å²) in [6.07, 6.45) is 0.658. The molecule has 0 amide bonds. The fourth-order valence-electron chi connectivity index (χ4n) is 4.17. The number of pyridine rings is 2. The lowest BCUT2D eigenvalue weighted by Crippen LogP contribution is -2.26. The van der Waals surface area contributed by atoms with Gasteiger partial charge in [0.15, 0.2) is 0 Å². The minimum atomic E-state index is -0.984. The van der Waals surface area contributed by atoms with Crippen LogP contribution in [0.5, 0.6) is 0 Å². The Morgan fingerprint density at radius 3 is 2.72 bits per heavy atom. The van der Waals surface area contributed by atoms with Gasteiger partial charge in [-0.1, -0.05) is 18.2 Å². The molecule has 7 nitrogen and oxygen atoms in total. The number of carboxylic acids is 1. The highest BCUT2D eigenvalue weighted by Crippen LogP contribution is 2.35. The third-order valence-corrected chi connectivity index (χ3v) is 5.54. The Bertz CT molecular complexity index is 1150. The average molecular weight is 394 g/mol. The zero-order valence-electron chi connectivity index (χ0n) is 15.8. The average Bonchev–Trinajstić information content (AvgIpc) is 3.07. The number of carbonyl (C=O) groups is 1. The number of hydrogen-bond donors (Lipinski definition) is 3. The molecule has 0 fully saturated rings. The van der Waals surface area contributed by atoms with Crippen LogP contribution in [0.3, 0.4) is 0 Å². The molecule has 3 heterocycles. The van der Waals surface area contributed by atoms with Gasteiger partial charge in [-0.2, -0.15) is 0 Å². The monoisotopic (exact) mass is 394 g/mol. The zero-order valence-corrected chi connectivity index (χ0v) is 15.8. The largest absolute Gasteiger partial charge is 0.481 e. The van der Waals surface area contributed by atoms with Crippen molar-refractivity contribution in [2.24, 2.45) is 0 Å². The molecule has 1 aliphatic rings. The maximum absolute atomic E-state index is 13.1. The first-order valence-electron chi connectivity index (χ1n) is 9.62. The van der Waals surface area contributed by atoms with Crippen molar-refractivity contribution < 1.29 is 20.1 Å². The van der Waals surface area contributed by atoms with Crippen molar-refractivity contribution in [3.63, 3.8) is 0 Å². The lowest BCUT2D eigenvalue weighted by molar-refractivity contribution is -0.137. The van der Waals surface area contributed by atoms with Crippen LogP contribution < -0.4 is 5.56 Å². The molecule has 1 aliphatic heterocycles. The predicted octanol–water partition coefficient (Wildman–Crippen LogP) is 2.25. The zero-order chi connectivity index (χ0) is 20.5. The van der Waals surface area contributed by atoms with Crippen LogP contribution in [0.25, 0.3) is 22.3 Å². The number of para-hydroxylation sites is 1. The number of hydrogen-bond acceptors (Lipinski definition) is 5. The second kappa shape index (κ2) is 7.77. The number of fused-ring (bicyclic) bond motifs is 4. The topological polar surface area (TPSA) is 113 Å². The molecule has 7 heteroatoms. The van der Waals surface area contributed by atoms with E-state index in [1.807, 2.05) is 30.3 Å². The Hall–Kier alpha value is -3.03. The first-order chi connectivity index (χ1) is 14.0. The molecule has 0 spiro atoms. The summed E-state index contributed by atoms with van der Waals surface area (Å²) in [7, 11) is 0. The summed E-state index contributed by atoms with van der Waals surface area (Å²) >= 11 is 0. The highest BCUT2D eigenvalue weighted by molar-refractivity contribution is 5.84. The van der Waals surface area contributed by atoms with E-state index in [1.165, 1.54) is 0 Å². The van der Waals surface area contributed by atoms with Crippen molar-refractivity contribution in [3.05, 3.63) is 63.4 Å². The van der Waals surface area contributed by atoms with E-state index < -0.39 is 18.5 Å². The molecular formula is C22H22N2O5. The molecule has 3 N–H and O–H groups in total. The minimum Gasteiger partial charge on any atom is -0.481 e. The highest BCUT2D eigenvalue weighted by Gasteiger charge is 2.28. The third-order valence-electron chi connectivity index (χ3n) is 5.54. The maximum atomic E-state index is 13.1. The number of aliphatic hydroxyl groups excluding tert-OH is 2. The predicted molar refractivity (Wildman–Crippen MR) is 108 cm³/mol. The van der Waals surface area contributed by atoms with E-state index in [1.54, 1.807) is 10.6 Å². The van der Waals surface area contributed by atoms with Crippen molar-refractivity contribution >= 4 is 16.9 Å². The van der Waals surface area contributed by atoms with Crippen molar-refractivity contribution in [2.45, 2.75) is 38.3 Å². The number of nitrogens with zero attached hydrogens (tertiary/aromatic N) is 2. The molecule has 0 bridgehead atoms. The summed E-state index contributed by atoms with van der Waals surface area (Å²) in [5, 5.41) is 29.4. The Morgan fingerprint density at radius 1 is 1.21 bits per heavy atom. The van der Waals surface area contributed by atoms with E-state index in [-0.39, 0.29) is 24.2 Å². The van der Waals surface area contributed by atoms with Crippen LogP contribution in [0.4, 0.5) is 0 Å². The van der Waals surface area contributed by atoms with Gasteiger partial charge in [0.05, 0.1) is 36.5 Å². The standard InChI is InChI=1S/C22H22N2O5/c25-7-3-5-13(9-20(27)28)16-10-19-21-15(11-24(19)22(29)17(16)12-26)8-14-4-1-2-6-18(14)23-21/h1-2,4,6,8,10,13,25-26H,3,5,7,9,11-12H2,(H,27,28). The summed E-state index contributed by atoms with van der Waals surface area (Å²) in [5.74, 6) is -1.45. The van der Waals surface area contributed by atoms with Crippen LogP contribution in [-0.2, 0) is 17.9 Å². The SMILES string of the molecule is O=C(O)CC(CCCO)c1cc2n(c(=O)c1CO)Cc1cc3ccccc3nc1-2. The second-order valence-electron chi connectivity index (χ2n) is 7.36. The summed E-state index contributed by atoms with van der Waals surface area (Å²) in [4.78, 5) is 29.2. The summed E-state index contributed by atoms with van der Waals surface area (Å²) in [6, 6.07) is 11.5. The number of aliphatic carboxylic acids is 1. The van der Waals surface area contributed by atoms with Gasteiger partial charge in [-0.3, -0.25) is 9.59 Å². The number of carboxylic acid groups (broad SMARTS) is 1. The first-order valence-corrected chi connectivity index (χ1v) is 9.62. The van der Waals surface area contributed by atoms with Crippen LogP contribution in [-0.4, -0.2) is 37.4 Å². The molecule has 1 unspecified atom stereocenters. The molecule has 29 heavy (non-hydrogen) atoms. The van der Waals surface area contributed by atoms with E-state index in [9.17, 15) is 24.9 Å². The van der Waals surface area contributed by atoms with Crippen LogP contribution in [0, 0.1) is 0 Å². The number of aliphatic hydroxyl groups is 2. The van der Waals surface area contributed by atoms with Crippen LogP contribution in [0.2, 0.25) is 0 Å². The Labute approximate surface area is 166 Å². The maximum Gasteiger partial charge on any atom is 0.303 e. The summed E-state index contributed by atoms with van der Waals surface area (Å²) in [5.41, 5.74) is 3.53. The number of benzene rings is 1. The molecule has 0 saturated heterocycles. The normalized spacial score (nSPS) is 13.3. The fourth-order valence-corrected chi connectivity index (χ4v) is 4.17. The molecule has 0 saturated carbocycles. The molecule has 2 aromatic heterocycles. The van der Waals surface area contributed by atoms with Gasteiger partial charge in [-0.05, 0) is 42.5 Å². The molecule has 4 rings (SSSR count). The van der Waals surface area contributed by atoms with E-state index >= 15 is 0 Å². The van der Waals surface area contributed by atoms with Gasteiger partial charge in [0.2, 0.25) is 0 Å². The van der Waals surface area contributed by atoms with Gasteiger partial charge in [0.1, 0.15) is 0 Å². The molecule has 0 radical (unpaired) electrons. The lowest BCUT2D eigenvalue weighted by atomic mass is 9.88. The number of rotatable bonds is 7. The third kappa shape index (κ3) is 3.43. The first kappa shape index (κ1) is 19.3. The second-order valence-corrected chi connectivity index (χ2v) is 7.36. The van der Waals surface area contributed by atoms with Crippen LogP contribution in [0.1, 0.15) is 41.9 Å². The summed E-state index contributed by atoms with van der Waals surface area (Å²) < 4.78 is 1.59.